The number of Topliss-reactive ketones (excluding diaryl/α,β-unsaturated/α-hetero) is 1. The highest BCUT2D eigenvalue weighted by Gasteiger charge is 2.12. The second-order valence-electron chi connectivity index (χ2n) is 6.49. The van der Waals surface area contributed by atoms with Gasteiger partial charge in [-0.2, -0.15) is 0 Å². The summed E-state index contributed by atoms with van der Waals surface area (Å²) in [6.07, 6.45) is 6.45. The topological polar surface area (TPSA) is 59.1 Å². The van der Waals surface area contributed by atoms with Crippen molar-refractivity contribution in [2.45, 2.75) is 13.3 Å². The van der Waals surface area contributed by atoms with E-state index in [0.29, 0.717) is 16.8 Å². The summed E-state index contributed by atoms with van der Waals surface area (Å²) in [5, 5.41) is 2.77. The van der Waals surface area contributed by atoms with Crippen molar-refractivity contribution in [2.24, 2.45) is 0 Å². The maximum atomic E-state index is 13.3. The summed E-state index contributed by atoms with van der Waals surface area (Å²) in [6, 6.07) is 12.9. The van der Waals surface area contributed by atoms with Crippen LogP contribution in [0.4, 0.5) is 10.1 Å². The molecule has 0 radical (unpaired) electrons. The first-order chi connectivity index (χ1) is 13.9. The Morgan fingerprint density at radius 1 is 1.17 bits per heavy atom. The summed E-state index contributed by atoms with van der Waals surface area (Å²) in [6.45, 7) is 1.84. The van der Waals surface area contributed by atoms with E-state index >= 15 is 0 Å². The molecule has 0 bridgehead atoms. The molecule has 0 saturated carbocycles. The van der Waals surface area contributed by atoms with Crippen LogP contribution in [0, 0.1) is 12.7 Å². The number of ketones is 1. The number of rotatable bonds is 6. The van der Waals surface area contributed by atoms with Gasteiger partial charge in [-0.15, -0.1) is 0 Å². The van der Waals surface area contributed by atoms with Crippen molar-refractivity contribution in [3.63, 3.8) is 0 Å². The van der Waals surface area contributed by atoms with E-state index in [1.807, 2.05) is 13.0 Å². The summed E-state index contributed by atoms with van der Waals surface area (Å²) in [5.41, 5.74) is 3.25. The van der Waals surface area contributed by atoms with Crippen molar-refractivity contribution in [1.29, 1.82) is 0 Å². The fourth-order valence-corrected chi connectivity index (χ4v) is 2.89. The van der Waals surface area contributed by atoms with E-state index < -0.39 is 5.82 Å². The van der Waals surface area contributed by atoms with E-state index in [-0.39, 0.29) is 23.1 Å². The number of aryl methyl sites for hydroxylation is 1. The number of pyridine rings is 1. The molecule has 4 nitrogen and oxygen atoms in total. The SMILES string of the molecule is Cc1ccc(C(=O)Cc2ccc(F)c(Cl)c2)cc1NC(=O)/C=C/c1cccnc1. The maximum absolute atomic E-state index is 13.3. The number of hydrogen-bond donors (Lipinski definition) is 1. The number of carbonyl (C=O) groups is 2. The molecule has 0 aliphatic rings. The first kappa shape index (κ1) is 20.4. The highest BCUT2D eigenvalue weighted by atomic mass is 35.5. The molecule has 1 amide bonds. The summed E-state index contributed by atoms with van der Waals surface area (Å²) in [4.78, 5) is 28.8. The number of hydrogen-bond acceptors (Lipinski definition) is 3. The largest absolute Gasteiger partial charge is 0.322 e. The highest BCUT2D eigenvalue weighted by molar-refractivity contribution is 6.30. The lowest BCUT2D eigenvalue weighted by Crippen LogP contribution is -2.11. The molecule has 0 atom stereocenters. The van der Waals surface area contributed by atoms with Gasteiger partial charge in [-0.1, -0.05) is 35.9 Å². The summed E-state index contributed by atoms with van der Waals surface area (Å²) in [7, 11) is 0. The Morgan fingerprint density at radius 2 is 2.00 bits per heavy atom. The molecule has 0 unspecified atom stereocenters. The number of anilines is 1. The number of aromatic nitrogens is 1. The standard InChI is InChI=1S/C23H18ClFN2O2/c1-15-4-7-18(22(28)12-17-5-8-20(25)19(24)11-17)13-21(15)27-23(29)9-6-16-3-2-10-26-14-16/h2-11,13-14H,12H2,1H3,(H,27,29)/b9-6+. The minimum Gasteiger partial charge on any atom is -0.322 e. The van der Waals surface area contributed by atoms with Gasteiger partial charge in [0.15, 0.2) is 5.78 Å². The quantitative estimate of drug-likeness (QED) is 0.447. The molecular weight excluding hydrogens is 391 g/mol. The fraction of sp³-hybridized carbons (Fsp3) is 0.0870. The highest BCUT2D eigenvalue weighted by Crippen LogP contribution is 2.21. The first-order valence-electron chi connectivity index (χ1n) is 8.89. The molecule has 0 aliphatic heterocycles. The van der Waals surface area contributed by atoms with Crippen LogP contribution in [0.1, 0.15) is 27.0 Å². The average Bonchev–Trinajstić information content (AvgIpc) is 2.71. The Bertz CT molecular complexity index is 1080. The van der Waals surface area contributed by atoms with Crippen LogP contribution in [0.3, 0.4) is 0 Å². The smallest absolute Gasteiger partial charge is 0.248 e. The zero-order chi connectivity index (χ0) is 20.8. The zero-order valence-corrected chi connectivity index (χ0v) is 16.4. The normalized spacial score (nSPS) is 10.9. The fourth-order valence-electron chi connectivity index (χ4n) is 2.69. The van der Waals surface area contributed by atoms with Crippen LogP contribution in [-0.2, 0) is 11.2 Å². The van der Waals surface area contributed by atoms with E-state index in [0.717, 1.165) is 11.1 Å². The number of nitrogens with one attached hydrogen (secondary N) is 1. The molecule has 0 fully saturated rings. The van der Waals surface area contributed by atoms with Crippen molar-refractivity contribution in [3.05, 3.63) is 100 Å². The minimum atomic E-state index is -0.525. The molecule has 6 heteroatoms. The average molecular weight is 409 g/mol. The molecule has 0 aliphatic carbocycles. The lowest BCUT2D eigenvalue weighted by atomic mass is 10.0. The van der Waals surface area contributed by atoms with Gasteiger partial charge in [-0.3, -0.25) is 14.6 Å². The predicted molar refractivity (Wildman–Crippen MR) is 113 cm³/mol. The Hall–Kier alpha value is -3.31. The van der Waals surface area contributed by atoms with Crippen molar-refractivity contribution in [1.82, 2.24) is 4.98 Å². The lowest BCUT2D eigenvalue weighted by Gasteiger charge is -2.09. The van der Waals surface area contributed by atoms with E-state index in [2.05, 4.69) is 10.3 Å². The number of halogens is 2. The third-order valence-electron chi connectivity index (χ3n) is 4.28. The van der Waals surface area contributed by atoms with Gasteiger partial charge in [-0.25, -0.2) is 4.39 Å². The lowest BCUT2D eigenvalue weighted by molar-refractivity contribution is -0.111. The van der Waals surface area contributed by atoms with Crippen molar-refractivity contribution < 1.29 is 14.0 Å². The number of nitrogens with zero attached hydrogens (tertiary/aromatic N) is 1. The number of benzene rings is 2. The van der Waals surface area contributed by atoms with Gasteiger partial charge in [0.2, 0.25) is 5.91 Å². The minimum absolute atomic E-state index is 0.0208. The third kappa shape index (κ3) is 5.59. The van der Waals surface area contributed by atoms with Gasteiger partial charge >= 0.3 is 0 Å². The van der Waals surface area contributed by atoms with Crippen LogP contribution in [-0.4, -0.2) is 16.7 Å². The number of amides is 1. The van der Waals surface area contributed by atoms with Crippen LogP contribution in [0.5, 0.6) is 0 Å². The third-order valence-corrected chi connectivity index (χ3v) is 4.57. The Morgan fingerprint density at radius 3 is 2.72 bits per heavy atom. The van der Waals surface area contributed by atoms with E-state index in [1.54, 1.807) is 42.7 Å². The van der Waals surface area contributed by atoms with Gasteiger partial charge in [0, 0.05) is 36.1 Å². The van der Waals surface area contributed by atoms with Crippen LogP contribution < -0.4 is 5.32 Å². The second-order valence-corrected chi connectivity index (χ2v) is 6.89. The molecule has 1 heterocycles. The second kappa shape index (κ2) is 9.26. The van der Waals surface area contributed by atoms with E-state index in [1.165, 1.54) is 24.3 Å². The van der Waals surface area contributed by atoms with E-state index in [4.69, 9.17) is 11.6 Å². The molecular formula is C23H18ClFN2O2. The van der Waals surface area contributed by atoms with Gasteiger partial charge in [0.05, 0.1) is 5.02 Å². The number of carbonyl (C=O) groups excluding carboxylic acids is 2. The van der Waals surface area contributed by atoms with Crippen LogP contribution >= 0.6 is 11.6 Å². The van der Waals surface area contributed by atoms with Crippen LogP contribution in [0.15, 0.2) is 67.0 Å². The summed E-state index contributed by atoms with van der Waals surface area (Å²) in [5.74, 6) is -0.997. The molecule has 2 aromatic carbocycles. The first-order valence-corrected chi connectivity index (χ1v) is 9.27. The zero-order valence-electron chi connectivity index (χ0n) is 15.7. The monoisotopic (exact) mass is 408 g/mol. The summed E-state index contributed by atoms with van der Waals surface area (Å²) >= 11 is 5.78. The Labute approximate surface area is 173 Å². The van der Waals surface area contributed by atoms with Crippen molar-refractivity contribution >= 4 is 35.1 Å². The van der Waals surface area contributed by atoms with Gasteiger partial charge < -0.3 is 5.32 Å². The molecule has 0 saturated heterocycles. The van der Waals surface area contributed by atoms with Crippen LogP contribution in [0.2, 0.25) is 5.02 Å². The Balaban J connectivity index is 1.71. The predicted octanol–water partition coefficient (Wildman–Crippen LogP) is 5.26. The molecule has 1 N–H and O–H groups in total. The summed E-state index contributed by atoms with van der Waals surface area (Å²) < 4.78 is 13.3. The maximum Gasteiger partial charge on any atom is 0.248 e. The Kier molecular flexibility index (Phi) is 6.52. The molecule has 1 aromatic heterocycles. The molecule has 0 spiro atoms. The van der Waals surface area contributed by atoms with Crippen molar-refractivity contribution in [3.8, 4) is 0 Å². The molecule has 3 rings (SSSR count). The van der Waals surface area contributed by atoms with Gasteiger partial charge in [-0.05, 0) is 54.0 Å². The van der Waals surface area contributed by atoms with Gasteiger partial charge in [0.1, 0.15) is 5.82 Å². The molecule has 146 valence electrons. The molecule has 3 aromatic rings. The van der Waals surface area contributed by atoms with Crippen molar-refractivity contribution in [2.75, 3.05) is 5.32 Å². The molecule has 29 heavy (non-hydrogen) atoms. The van der Waals surface area contributed by atoms with Crippen LogP contribution in [0.25, 0.3) is 6.08 Å². The van der Waals surface area contributed by atoms with E-state index in [9.17, 15) is 14.0 Å². The van der Waals surface area contributed by atoms with Gasteiger partial charge in [0.25, 0.3) is 0 Å².